The fourth-order valence-electron chi connectivity index (χ4n) is 1.89. The van der Waals surface area contributed by atoms with Crippen LogP contribution in [-0.4, -0.2) is 30.3 Å². The van der Waals surface area contributed by atoms with Crippen molar-refractivity contribution < 1.29 is 19.0 Å². The number of carboxylic acid groups (broad SMARTS) is 1. The van der Waals surface area contributed by atoms with Crippen LogP contribution in [0.4, 0.5) is 4.39 Å². The maximum absolute atomic E-state index is 12.9. The Bertz CT molecular complexity index is 410. The topological polar surface area (TPSA) is 58.6 Å². The number of aliphatic carboxylic acids is 1. The molecular formula is C12H14FNO3. The van der Waals surface area contributed by atoms with E-state index in [1.807, 2.05) is 0 Å². The van der Waals surface area contributed by atoms with Gasteiger partial charge in [-0.25, -0.2) is 4.39 Å². The first-order valence-electron chi connectivity index (χ1n) is 5.49. The summed E-state index contributed by atoms with van der Waals surface area (Å²) < 4.78 is 18.3. The lowest BCUT2D eigenvalue weighted by Crippen LogP contribution is -2.29. The summed E-state index contributed by atoms with van der Waals surface area (Å²) in [5.74, 6) is -0.545. The Morgan fingerprint density at radius 1 is 1.59 bits per heavy atom. The molecule has 0 bridgehead atoms. The molecule has 2 N–H and O–H groups in total. The van der Waals surface area contributed by atoms with Crippen LogP contribution in [0, 0.1) is 11.7 Å². The maximum atomic E-state index is 12.9. The van der Waals surface area contributed by atoms with Gasteiger partial charge < -0.3 is 15.2 Å². The van der Waals surface area contributed by atoms with Crippen LogP contribution in [0.5, 0.6) is 5.75 Å². The van der Waals surface area contributed by atoms with Crippen LogP contribution in [0.15, 0.2) is 24.3 Å². The summed E-state index contributed by atoms with van der Waals surface area (Å²) in [4.78, 5) is 10.7. The lowest BCUT2D eigenvalue weighted by molar-refractivity contribution is -0.139. The van der Waals surface area contributed by atoms with E-state index in [0.29, 0.717) is 25.3 Å². The van der Waals surface area contributed by atoms with Crippen molar-refractivity contribution in [3.63, 3.8) is 0 Å². The maximum Gasteiger partial charge on any atom is 0.320 e. The fourth-order valence-corrected chi connectivity index (χ4v) is 1.89. The van der Waals surface area contributed by atoms with Gasteiger partial charge in [-0.3, -0.25) is 4.79 Å². The SMILES string of the molecule is O=C(O)C1CC(COc2cccc(F)c2)CN1. The molecule has 0 radical (unpaired) electrons. The second kappa shape index (κ2) is 5.14. The van der Waals surface area contributed by atoms with Crippen LogP contribution in [0.3, 0.4) is 0 Å². The Hall–Kier alpha value is -1.62. The lowest BCUT2D eigenvalue weighted by Gasteiger charge is -2.10. The molecule has 0 saturated carbocycles. The third-order valence-electron chi connectivity index (χ3n) is 2.80. The van der Waals surface area contributed by atoms with Crippen LogP contribution >= 0.6 is 0 Å². The average molecular weight is 239 g/mol. The zero-order chi connectivity index (χ0) is 12.3. The first-order valence-corrected chi connectivity index (χ1v) is 5.49. The fraction of sp³-hybridized carbons (Fsp3) is 0.417. The van der Waals surface area contributed by atoms with Gasteiger partial charge in [-0.2, -0.15) is 0 Å². The van der Waals surface area contributed by atoms with Gasteiger partial charge in [0.25, 0.3) is 0 Å². The molecule has 1 fully saturated rings. The van der Waals surface area contributed by atoms with E-state index in [-0.39, 0.29) is 11.7 Å². The summed E-state index contributed by atoms with van der Waals surface area (Å²) in [5.41, 5.74) is 0. The largest absolute Gasteiger partial charge is 0.493 e. The molecule has 1 aromatic rings. The number of nitrogens with one attached hydrogen (secondary N) is 1. The van der Waals surface area contributed by atoms with Crippen molar-refractivity contribution in [1.29, 1.82) is 0 Å². The van der Waals surface area contributed by atoms with E-state index >= 15 is 0 Å². The highest BCUT2D eigenvalue weighted by Crippen LogP contribution is 2.18. The normalized spacial score (nSPS) is 23.6. The summed E-state index contributed by atoms with van der Waals surface area (Å²) in [6.45, 7) is 1.02. The van der Waals surface area contributed by atoms with Gasteiger partial charge in [-0.05, 0) is 18.6 Å². The van der Waals surface area contributed by atoms with E-state index in [0.717, 1.165) is 0 Å². The molecule has 0 spiro atoms. The monoisotopic (exact) mass is 239 g/mol. The Balaban J connectivity index is 1.82. The van der Waals surface area contributed by atoms with Gasteiger partial charge in [0.1, 0.15) is 17.6 Å². The molecule has 2 unspecified atom stereocenters. The van der Waals surface area contributed by atoms with E-state index in [1.165, 1.54) is 12.1 Å². The van der Waals surface area contributed by atoms with Crippen LogP contribution in [0.2, 0.25) is 0 Å². The number of rotatable bonds is 4. The van der Waals surface area contributed by atoms with E-state index in [2.05, 4.69) is 5.32 Å². The molecule has 0 aliphatic carbocycles. The summed E-state index contributed by atoms with van der Waals surface area (Å²) in [6.07, 6.45) is 0.546. The Morgan fingerprint density at radius 3 is 3.06 bits per heavy atom. The summed E-state index contributed by atoms with van der Waals surface area (Å²) in [6, 6.07) is 5.44. The zero-order valence-corrected chi connectivity index (χ0v) is 9.23. The van der Waals surface area contributed by atoms with Gasteiger partial charge in [-0.1, -0.05) is 6.07 Å². The molecule has 0 amide bonds. The first kappa shape index (κ1) is 11.9. The molecule has 1 aliphatic rings. The predicted octanol–water partition coefficient (Wildman–Crippen LogP) is 1.27. The highest BCUT2D eigenvalue weighted by Gasteiger charge is 2.29. The molecular weight excluding hydrogens is 225 g/mol. The second-order valence-electron chi connectivity index (χ2n) is 4.17. The van der Waals surface area contributed by atoms with Crippen LogP contribution in [-0.2, 0) is 4.79 Å². The number of ether oxygens (including phenoxy) is 1. The van der Waals surface area contributed by atoms with Crippen molar-refractivity contribution in [1.82, 2.24) is 5.32 Å². The molecule has 4 nitrogen and oxygen atoms in total. The van der Waals surface area contributed by atoms with Crippen molar-refractivity contribution in [2.24, 2.45) is 5.92 Å². The number of hydrogen-bond acceptors (Lipinski definition) is 3. The van der Waals surface area contributed by atoms with Gasteiger partial charge in [-0.15, -0.1) is 0 Å². The van der Waals surface area contributed by atoms with E-state index < -0.39 is 12.0 Å². The number of hydrogen-bond donors (Lipinski definition) is 2. The first-order chi connectivity index (χ1) is 8.15. The van der Waals surface area contributed by atoms with Gasteiger partial charge in [0.15, 0.2) is 0 Å². The summed E-state index contributed by atoms with van der Waals surface area (Å²) in [5, 5.41) is 11.7. The van der Waals surface area contributed by atoms with Crippen molar-refractivity contribution in [3.8, 4) is 5.75 Å². The van der Waals surface area contributed by atoms with Crippen LogP contribution in [0.25, 0.3) is 0 Å². The summed E-state index contributed by atoms with van der Waals surface area (Å²) in [7, 11) is 0. The predicted molar refractivity (Wildman–Crippen MR) is 59.4 cm³/mol. The summed E-state index contributed by atoms with van der Waals surface area (Å²) >= 11 is 0. The molecule has 17 heavy (non-hydrogen) atoms. The highest BCUT2D eigenvalue weighted by atomic mass is 19.1. The van der Waals surface area contributed by atoms with Gasteiger partial charge in [0.05, 0.1) is 6.61 Å². The zero-order valence-electron chi connectivity index (χ0n) is 9.23. The number of carbonyl (C=O) groups is 1. The van der Waals surface area contributed by atoms with E-state index in [9.17, 15) is 9.18 Å². The lowest BCUT2D eigenvalue weighted by atomic mass is 10.1. The standard InChI is InChI=1S/C12H14FNO3/c13-9-2-1-3-10(5-9)17-7-8-4-11(12(15)16)14-6-8/h1-3,5,8,11,14H,4,6-7H2,(H,15,16). The minimum Gasteiger partial charge on any atom is -0.493 e. The van der Waals surface area contributed by atoms with Crippen molar-refractivity contribution in [3.05, 3.63) is 30.1 Å². The molecule has 92 valence electrons. The smallest absolute Gasteiger partial charge is 0.320 e. The third kappa shape index (κ3) is 3.17. The van der Waals surface area contributed by atoms with Crippen LogP contribution < -0.4 is 10.1 Å². The van der Waals surface area contributed by atoms with Gasteiger partial charge in [0.2, 0.25) is 0 Å². The van der Waals surface area contributed by atoms with E-state index in [4.69, 9.17) is 9.84 Å². The molecule has 2 rings (SSSR count). The van der Waals surface area contributed by atoms with Crippen LogP contribution in [0.1, 0.15) is 6.42 Å². The minimum absolute atomic E-state index is 0.152. The number of benzene rings is 1. The minimum atomic E-state index is -0.835. The average Bonchev–Trinajstić information content (AvgIpc) is 2.75. The molecule has 1 heterocycles. The molecule has 1 saturated heterocycles. The highest BCUT2D eigenvalue weighted by molar-refractivity contribution is 5.73. The quantitative estimate of drug-likeness (QED) is 0.830. The molecule has 1 aromatic carbocycles. The Morgan fingerprint density at radius 2 is 2.41 bits per heavy atom. The van der Waals surface area contributed by atoms with Gasteiger partial charge in [0, 0.05) is 18.5 Å². The van der Waals surface area contributed by atoms with Crippen molar-refractivity contribution >= 4 is 5.97 Å². The molecule has 0 aromatic heterocycles. The third-order valence-corrected chi connectivity index (χ3v) is 2.80. The second-order valence-corrected chi connectivity index (χ2v) is 4.17. The van der Waals surface area contributed by atoms with E-state index in [1.54, 1.807) is 12.1 Å². The van der Waals surface area contributed by atoms with Crippen molar-refractivity contribution in [2.75, 3.05) is 13.2 Å². The Labute approximate surface area is 98.4 Å². The Kier molecular flexibility index (Phi) is 3.58. The van der Waals surface area contributed by atoms with Gasteiger partial charge >= 0.3 is 5.97 Å². The molecule has 2 atom stereocenters. The van der Waals surface area contributed by atoms with Crippen molar-refractivity contribution in [2.45, 2.75) is 12.5 Å². The number of halogens is 1. The number of carboxylic acids is 1. The molecule has 5 heteroatoms. The molecule has 1 aliphatic heterocycles.